The summed E-state index contributed by atoms with van der Waals surface area (Å²) in [5.41, 5.74) is 4.60. The van der Waals surface area contributed by atoms with Crippen molar-refractivity contribution in [3.8, 4) is 5.75 Å². The van der Waals surface area contributed by atoms with Crippen LogP contribution in [0.25, 0.3) is 0 Å². The van der Waals surface area contributed by atoms with Gasteiger partial charge in [-0.2, -0.15) is 0 Å². The summed E-state index contributed by atoms with van der Waals surface area (Å²) < 4.78 is 6.74. The normalized spacial score (nSPS) is 18.5. The Balaban J connectivity index is 1.81. The molecule has 2 heterocycles. The van der Waals surface area contributed by atoms with Crippen LogP contribution in [0, 0.1) is 6.92 Å². The van der Waals surface area contributed by atoms with Crippen LogP contribution in [0.3, 0.4) is 0 Å². The van der Waals surface area contributed by atoms with E-state index in [-0.39, 0.29) is 5.04 Å². The molecule has 2 aromatic rings. The predicted molar refractivity (Wildman–Crippen MR) is 127 cm³/mol. The highest BCUT2D eigenvalue weighted by Crippen LogP contribution is 2.39. The predicted octanol–water partition coefficient (Wildman–Crippen LogP) is 6.03. The van der Waals surface area contributed by atoms with Crippen LogP contribution in [0.1, 0.15) is 56.7 Å². The average Bonchev–Trinajstić information content (AvgIpc) is 2.63. The van der Waals surface area contributed by atoms with E-state index in [9.17, 15) is 0 Å². The largest absolute Gasteiger partial charge is 0.544 e. The van der Waals surface area contributed by atoms with Gasteiger partial charge in [0, 0.05) is 0 Å². The fourth-order valence-corrected chi connectivity index (χ4v) is 11.8. The third kappa shape index (κ3) is 3.31. The first-order valence-corrected chi connectivity index (χ1v) is 16.4. The molecule has 4 rings (SSSR count). The Morgan fingerprint density at radius 3 is 2.11 bits per heavy atom. The van der Waals surface area contributed by atoms with Crippen LogP contribution in [-0.4, -0.2) is 16.4 Å². The molecule has 3 heteroatoms. The van der Waals surface area contributed by atoms with Gasteiger partial charge >= 0.3 is 0 Å². The lowest BCUT2D eigenvalue weighted by molar-refractivity contribution is 0.492. The molecule has 0 radical (unpaired) electrons. The molecule has 2 aliphatic heterocycles. The first-order chi connectivity index (χ1) is 13.1. The van der Waals surface area contributed by atoms with Crippen molar-refractivity contribution >= 4 is 26.8 Å². The molecule has 150 valence electrons. The van der Waals surface area contributed by atoms with Crippen molar-refractivity contribution in [1.82, 2.24) is 0 Å². The Kier molecular flexibility index (Phi) is 4.90. The van der Waals surface area contributed by atoms with Gasteiger partial charge in [0.1, 0.15) is 13.8 Å². The summed E-state index contributed by atoms with van der Waals surface area (Å²) in [4.78, 5) is 0. The minimum absolute atomic E-state index is 0.229. The quantitative estimate of drug-likeness (QED) is 0.551. The van der Waals surface area contributed by atoms with E-state index >= 15 is 0 Å². The van der Waals surface area contributed by atoms with Gasteiger partial charge in [0.25, 0.3) is 0 Å². The van der Waals surface area contributed by atoms with Crippen molar-refractivity contribution in [2.24, 2.45) is 0 Å². The molecule has 1 nitrogen and oxygen atoms in total. The summed E-state index contributed by atoms with van der Waals surface area (Å²) in [5.74, 6) is 1.12. The van der Waals surface area contributed by atoms with E-state index in [0.717, 1.165) is 12.2 Å². The zero-order chi connectivity index (χ0) is 20.2. The van der Waals surface area contributed by atoms with Crippen molar-refractivity contribution in [2.75, 3.05) is 0 Å². The maximum atomic E-state index is 6.74. The Hall–Kier alpha value is -1.33. The van der Waals surface area contributed by atoms with Gasteiger partial charge < -0.3 is 4.43 Å². The zero-order valence-electron chi connectivity index (χ0n) is 18.6. The molecule has 0 unspecified atom stereocenters. The van der Waals surface area contributed by atoms with Gasteiger partial charge in [0.05, 0.1) is 0 Å². The molecule has 0 saturated carbocycles. The molecule has 0 aromatic heterocycles. The summed E-state index contributed by atoms with van der Waals surface area (Å²) in [6, 6.07) is 17.2. The molecule has 2 aromatic carbocycles. The van der Waals surface area contributed by atoms with Crippen molar-refractivity contribution in [1.29, 1.82) is 0 Å². The van der Waals surface area contributed by atoms with Gasteiger partial charge in [0.2, 0.25) is 8.32 Å². The van der Waals surface area contributed by atoms with E-state index < -0.39 is 16.4 Å². The van der Waals surface area contributed by atoms with Crippen LogP contribution < -0.4 is 14.8 Å². The number of hydrogen-bond donors (Lipinski definition) is 0. The summed E-state index contributed by atoms with van der Waals surface area (Å²) in [6.45, 7) is 14.0. The Morgan fingerprint density at radius 1 is 0.857 bits per heavy atom. The van der Waals surface area contributed by atoms with E-state index in [0.29, 0.717) is 0 Å². The first-order valence-electron chi connectivity index (χ1n) is 11.0. The van der Waals surface area contributed by atoms with Gasteiger partial charge in [-0.05, 0) is 72.0 Å². The molecule has 0 bridgehead atoms. The highest BCUT2D eigenvalue weighted by Gasteiger charge is 2.44. The maximum absolute atomic E-state index is 6.74. The summed E-state index contributed by atoms with van der Waals surface area (Å²) in [7, 11) is -3.48. The van der Waals surface area contributed by atoms with Crippen LogP contribution in [0.4, 0.5) is 0 Å². The van der Waals surface area contributed by atoms with Crippen LogP contribution in [0.2, 0.25) is 30.2 Å². The standard InChI is InChI=1S/C25H36OSi2/c1-19-10-11-20-17-21-12-13-22(26-27(5,6)25(2,3)4)18-24(21)28(23(20)16-19)14-8-7-9-15-28/h10-13,16,18H,7-9,14-15,17H2,1-6H3. The van der Waals surface area contributed by atoms with Gasteiger partial charge in [-0.15, -0.1) is 0 Å². The molecule has 1 spiro atoms. The topological polar surface area (TPSA) is 9.23 Å². The van der Waals surface area contributed by atoms with Gasteiger partial charge in [0.15, 0.2) is 0 Å². The molecule has 1 saturated heterocycles. The van der Waals surface area contributed by atoms with Crippen molar-refractivity contribution < 1.29 is 4.43 Å². The van der Waals surface area contributed by atoms with E-state index in [1.54, 1.807) is 21.5 Å². The van der Waals surface area contributed by atoms with Crippen LogP contribution in [0.15, 0.2) is 36.4 Å². The molecule has 2 aliphatic rings. The smallest absolute Gasteiger partial charge is 0.250 e. The van der Waals surface area contributed by atoms with Gasteiger partial charge in [-0.25, -0.2) is 0 Å². The van der Waals surface area contributed by atoms with Gasteiger partial charge in [-0.3, -0.25) is 0 Å². The third-order valence-corrected chi connectivity index (χ3v) is 17.4. The number of fused-ring (bicyclic) bond motifs is 4. The van der Waals surface area contributed by atoms with E-state index in [1.807, 2.05) is 0 Å². The highest BCUT2D eigenvalue weighted by molar-refractivity contribution is 7.03. The Labute approximate surface area is 173 Å². The Bertz CT molecular complexity index is 886. The van der Waals surface area contributed by atoms with Crippen molar-refractivity contribution in [3.05, 3.63) is 53.1 Å². The van der Waals surface area contributed by atoms with Crippen molar-refractivity contribution in [3.63, 3.8) is 0 Å². The molecular formula is C25H36OSi2. The lowest BCUT2D eigenvalue weighted by Gasteiger charge is -2.43. The van der Waals surface area contributed by atoms with Crippen molar-refractivity contribution in [2.45, 2.75) is 83.6 Å². The minimum Gasteiger partial charge on any atom is -0.544 e. The highest BCUT2D eigenvalue weighted by atomic mass is 28.4. The molecule has 28 heavy (non-hydrogen) atoms. The molecule has 0 amide bonds. The van der Waals surface area contributed by atoms with E-state index in [1.165, 1.54) is 36.9 Å². The third-order valence-electron chi connectivity index (χ3n) is 7.65. The number of aryl methyl sites for hydroxylation is 1. The summed E-state index contributed by atoms with van der Waals surface area (Å²) in [5, 5.41) is 3.66. The molecule has 1 fully saturated rings. The monoisotopic (exact) mass is 408 g/mol. The van der Waals surface area contributed by atoms with E-state index in [4.69, 9.17) is 4.43 Å². The van der Waals surface area contributed by atoms with Crippen LogP contribution >= 0.6 is 0 Å². The summed E-state index contributed by atoms with van der Waals surface area (Å²) >= 11 is 0. The fraction of sp³-hybridized carbons (Fsp3) is 0.520. The number of hydrogen-bond acceptors (Lipinski definition) is 1. The number of benzene rings is 2. The second kappa shape index (κ2) is 6.88. The SMILES string of the molecule is Cc1ccc2c(c1)[Si]1(CCCCC1)c1cc(O[Si](C)(C)C(C)(C)C)ccc1C2. The lowest BCUT2D eigenvalue weighted by Crippen LogP contribution is -2.63. The second-order valence-electron chi connectivity index (χ2n) is 10.7. The molecule has 0 atom stereocenters. The average molecular weight is 409 g/mol. The molecule has 0 aliphatic carbocycles. The second-order valence-corrected chi connectivity index (χ2v) is 19.6. The molecule has 0 N–H and O–H groups in total. The fourth-order valence-electron chi connectivity index (χ4n) is 5.00. The minimum atomic E-state index is -1.82. The summed E-state index contributed by atoms with van der Waals surface area (Å²) in [6.07, 6.45) is 5.30. The lowest BCUT2D eigenvalue weighted by atomic mass is 10.0. The van der Waals surface area contributed by atoms with E-state index in [2.05, 4.69) is 77.2 Å². The van der Waals surface area contributed by atoms with Gasteiger partial charge in [-0.1, -0.05) is 75.0 Å². The maximum Gasteiger partial charge on any atom is 0.250 e. The number of rotatable bonds is 2. The van der Waals surface area contributed by atoms with Crippen LogP contribution in [0.5, 0.6) is 5.75 Å². The van der Waals surface area contributed by atoms with Crippen LogP contribution in [-0.2, 0) is 6.42 Å². The zero-order valence-corrected chi connectivity index (χ0v) is 20.6. The molecular weight excluding hydrogens is 372 g/mol. The first kappa shape index (κ1) is 20.0. The Morgan fingerprint density at radius 2 is 1.46 bits per heavy atom.